The van der Waals surface area contributed by atoms with Crippen molar-refractivity contribution < 1.29 is 23.9 Å². The van der Waals surface area contributed by atoms with Crippen molar-refractivity contribution in [1.29, 1.82) is 0 Å². The van der Waals surface area contributed by atoms with Gasteiger partial charge in [-0.15, -0.1) is 0 Å². The molecule has 0 radical (unpaired) electrons. The first-order chi connectivity index (χ1) is 6.20. The molecule has 0 aromatic rings. The van der Waals surface area contributed by atoms with E-state index in [1.54, 1.807) is 6.92 Å². The van der Waals surface area contributed by atoms with Gasteiger partial charge >= 0.3 is 5.97 Å². The van der Waals surface area contributed by atoms with Gasteiger partial charge in [0.15, 0.2) is 12.4 Å². The third kappa shape index (κ3) is 7.14. The Hall–Kier alpha value is -1.23. The normalized spacial score (nSPS) is 9.31. The number of hydrogen-bond acceptors (Lipinski definition) is 5. The van der Waals surface area contributed by atoms with E-state index >= 15 is 0 Å². The lowest BCUT2D eigenvalue weighted by molar-refractivity contribution is -0.152. The van der Waals surface area contributed by atoms with E-state index < -0.39 is 11.8 Å². The summed E-state index contributed by atoms with van der Waals surface area (Å²) in [7, 11) is 0. The van der Waals surface area contributed by atoms with Crippen LogP contribution < -0.4 is 0 Å². The zero-order valence-corrected chi connectivity index (χ0v) is 7.45. The molecule has 0 aromatic carbocycles. The molecule has 0 unspecified atom stereocenters. The Kier molecular flexibility index (Phi) is 6.72. The Bertz CT molecular complexity index is 187. The lowest BCUT2D eigenvalue weighted by Gasteiger charge is -2.02. The fourth-order valence-electron chi connectivity index (χ4n) is 0.540. The molecular weight excluding hydrogens is 176 g/mol. The smallest absolute Gasteiger partial charge is 0.332 e. The molecule has 0 bridgehead atoms. The van der Waals surface area contributed by atoms with Gasteiger partial charge in [0.2, 0.25) is 0 Å². The fourth-order valence-corrected chi connectivity index (χ4v) is 0.540. The highest BCUT2D eigenvalue weighted by Gasteiger charge is 2.06. The van der Waals surface area contributed by atoms with Crippen LogP contribution in [0.1, 0.15) is 13.3 Å². The highest BCUT2D eigenvalue weighted by atomic mass is 16.6. The SMILES string of the molecule is CCOCC(=O)OCC(=O)CC=O. The lowest BCUT2D eigenvalue weighted by Crippen LogP contribution is -2.18. The first-order valence-corrected chi connectivity index (χ1v) is 3.89. The molecule has 5 heteroatoms. The highest BCUT2D eigenvalue weighted by molar-refractivity contribution is 5.91. The predicted molar refractivity (Wildman–Crippen MR) is 43.1 cm³/mol. The van der Waals surface area contributed by atoms with Gasteiger partial charge in [-0.2, -0.15) is 0 Å². The van der Waals surface area contributed by atoms with Gasteiger partial charge in [-0.05, 0) is 6.92 Å². The minimum atomic E-state index is -0.596. The van der Waals surface area contributed by atoms with Crippen LogP contribution in [0.5, 0.6) is 0 Å². The summed E-state index contributed by atoms with van der Waals surface area (Å²) in [5.41, 5.74) is 0. The van der Waals surface area contributed by atoms with Crippen molar-refractivity contribution in [1.82, 2.24) is 0 Å². The molecule has 0 aliphatic heterocycles. The third-order valence-corrected chi connectivity index (χ3v) is 1.13. The molecule has 0 fully saturated rings. The summed E-state index contributed by atoms with van der Waals surface area (Å²) in [6, 6.07) is 0. The molecule has 0 aromatic heterocycles. The average molecular weight is 188 g/mol. The molecular formula is C8H12O5. The van der Waals surface area contributed by atoms with Gasteiger partial charge in [-0.3, -0.25) is 4.79 Å². The van der Waals surface area contributed by atoms with E-state index in [-0.39, 0.29) is 19.6 Å². The molecule has 5 nitrogen and oxygen atoms in total. The molecule has 74 valence electrons. The second-order valence-corrected chi connectivity index (χ2v) is 2.21. The first-order valence-electron chi connectivity index (χ1n) is 3.89. The summed E-state index contributed by atoms with van der Waals surface area (Å²) in [4.78, 5) is 31.2. The molecule has 0 saturated heterocycles. The Morgan fingerprint density at radius 3 is 2.54 bits per heavy atom. The Labute approximate surface area is 76.0 Å². The molecule has 0 rings (SSSR count). The van der Waals surface area contributed by atoms with Gasteiger partial charge in [-0.1, -0.05) is 0 Å². The molecule has 13 heavy (non-hydrogen) atoms. The minimum Gasteiger partial charge on any atom is -0.456 e. The number of hydrogen-bond donors (Lipinski definition) is 0. The number of Topliss-reactive ketones (excluding diaryl/α,β-unsaturated/α-hetero) is 1. The van der Waals surface area contributed by atoms with E-state index in [4.69, 9.17) is 4.74 Å². The Balaban J connectivity index is 3.45. The van der Waals surface area contributed by atoms with Crippen LogP contribution in [0.25, 0.3) is 0 Å². The fraction of sp³-hybridized carbons (Fsp3) is 0.625. The summed E-state index contributed by atoms with van der Waals surface area (Å²) in [5, 5.41) is 0. The van der Waals surface area contributed by atoms with Crippen LogP contribution in [0.15, 0.2) is 0 Å². The van der Waals surface area contributed by atoms with Gasteiger partial charge in [0.05, 0.1) is 6.42 Å². The molecule has 0 atom stereocenters. The van der Waals surface area contributed by atoms with Crippen LogP contribution in [-0.4, -0.2) is 37.9 Å². The van der Waals surface area contributed by atoms with Gasteiger partial charge in [0.25, 0.3) is 0 Å². The number of ether oxygens (including phenoxy) is 2. The number of esters is 1. The van der Waals surface area contributed by atoms with E-state index in [2.05, 4.69) is 4.74 Å². The second-order valence-electron chi connectivity index (χ2n) is 2.21. The van der Waals surface area contributed by atoms with Crippen molar-refractivity contribution >= 4 is 18.0 Å². The van der Waals surface area contributed by atoms with Crippen molar-refractivity contribution in [3.63, 3.8) is 0 Å². The monoisotopic (exact) mass is 188 g/mol. The first kappa shape index (κ1) is 11.8. The predicted octanol–water partition coefficient (Wildman–Crippen LogP) is -0.276. The van der Waals surface area contributed by atoms with E-state index in [1.165, 1.54) is 0 Å². The maximum atomic E-state index is 10.7. The third-order valence-electron chi connectivity index (χ3n) is 1.13. The number of ketones is 1. The maximum absolute atomic E-state index is 10.7. The van der Waals surface area contributed by atoms with E-state index in [1.807, 2.05) is 0 Å². The average Bonchev–Trinajstić information content (AvgIpc) is 2.12. The van der Waals surface area contributed by atoms with Gasteiger partial charge in [-0.25, -0.2) is 4.79 Å². The second kappa shape index (κ2) is 7.42. The van der Waals surface area contributed by atoms with Crippen molar-refractivity contribution in [3.8, 4) is 0 Å². The van der Waals surface area contributed by atoms with E-state index in [0.29, 0.717) is 12.9 Å². The molecule has 0 spiro atoms. The van der Waals surface area contributed by atoms with Crippen LogP contribution in [0, 0.1) is 0 Å². The van der Waals surface area contributed by atoms with Gasteiger partial charge in [0.1, 0.15) is 12.9 Å². The Morgan fingerprint density at radius 1 is 1.31 bits per heavy atom. The van der Waals surface area contributed by atoms with Crippen LogP contribution in [0.2, 0.25) is 0 Å². The molecule has 0 aliphatic carbocycles. The number of carbonyl (C=O) groups excluding carboxylic acids is 3. The van der Waals surface area contributed by atoms with Crippen LogP contribution in [0.3, 0.4) is 0 Å². The van der Waals surface area contributed by atoms with Crippen LogP contribution in [-0.2, 0) is 23.9 Å². The van der Waals surface area contributed by atoms with Crippen molar-refractivity contribution in [2.75, 3.05) is 19.8 Å². The summed E-state index contributed by atoms with van der Waals surface area (Å²) < 4.78 is 9.22. The molecule has 0 aliphatic rings. The van der Waals surface area contributed by atoms with E-state index in [9.17, 15) is 14.4 Å². The summed E-state index contributed by atoms with van der Waals surface area (Å²) in [5.74, 6) is -1.01. The van der Waals surface area contributed by atoms with E-state index in [0.717, 1.165) is 0 Å². The highest BCUT2D eigenvalue weighted by Crippen LogP contribution is 1.85. The maximum Gasteiger partial charge on any atom is 0.332 e. The summed E-state index contributed by atoms with van der Waals surface area (Å²) >= 11 is 0. The molecule has 0 N–H and O–H groups in total. The quantitative estimate of drug-likeness (QED) is 0.312. The number of rotatable bonds is 7. The van der Waals surface area contributed by atoms with Crippen molar-refractivity contribution in [3.05, 3.63) is 0 Å². The minimum absolute atomic E-state index is 0.162. The largest absolute Gasteiger partial charge is 0.456 e. The number of carbonyl (C=O) groups is 3. The molecule has 0 saturated carbocycles. The summed E-state index contributed by atoms with van der Waals surface area (Å²) in [6.45, 7) is 1.64. The van der Waals surface area contributed by atoms with Crippen LogP contribution in [0.4, 0.5) is 0 Å². The Morgan fingerprint density at radius 2 is 2.00 bits per heavy atom. The number of aldehydes is 1. The van der Waals surface area contributed by atoms with Gasteiger partial charge in [0, 0.05) is 6.61 Å². The van der Waals surface area contributed by atoms with Crippen molar-refractivity contribution in [2.45, 2.75) is 13.3 Å². The van der Waals surface area contributed by atoms with Gasteiger partial charge < -0.3 is 14.3 Å². The molecule has 0 amide bonds. The lowest BCUT2D eigenvalue weighted by atomic mass is 10.3. The zero-order valence-electron chi connectivity index (χ0n) is 7.45. The van der Waals surface area contributed by atoms with Crippen LogP contribution >= 0.6 is 0 Å². The standard InChI is InChI=1S/C8H12O5/c1-2-12-6-8(11)13-5-7(10)3-4-9/h4H,2-3,5-6H2,1H3. The van der Waals surface area contributed by atoms with Crippen molar-refractivity contribution in [2.24, 2.45) is 0 Å². The molecule has 0 heterocycles. The topological polar surface area (TPSA) is 69.7 Å². The zero-order chi connectivity index (χ0) is 10.1. The summed E-state index contributed by atoms with van der Waals surface area (Å²) in [6.07, 6.45) is 0.251.